The molecule has 0 aliphatic carbocycles. The molecule has 1 aromatic carbocycles. The SMILES string of the molecule is Cc1ccc(N2CCN(C(=O)Nc3ccc4c(c3)OCCO4)CC2)nn1. The minimum Gasteiger partial charge on any atom is -0.486 e. The predicted octanol–water partition coefficient (Wildman–Crippen LogP) is 1.91. The lowest BCUT2D eigenvalue weighted by atomic mass is 10.2. The average Bonchev–Trinajstić information content (AvgIpc) is 2.68. The smallest absolute Gasteiger partial charge is 0.321 e. The Morgan fingerprint density at radius 1 is 1.00 bits per heavy atom. The van der Waals surface area contributed by atoms with E-state index in [1.165, 1.54) is 0 Å². The third kappa shape index (κ3) is 3.49. The largest absolute Gasteiger partial charge is 0.486 e. The summed E-state index contributed by atoms with van der Waals surface area (Å²) >= 11 is 0. The number of nitrogens with one attached hydrogen (secondary N) is 1. The van der Waals surface area contributed by atoms with Gasteiger partial charge in [-0.2, -0.15) is 5.10 Å². The summed E-state index contributed by atoms with van der Waals surface area (Å²) in [6.45, 7) is 5.70. The minimum absolute atomic E-state index is 0.115. The van der Waals surface area contributed by atoms with Gasteiger partial charge in [0.25, 0.3) is 0 Å². The zero-order valence-electron chi connectivity index (χ0n) is 14.6. The van der Waals surface area contributed by atoms with E-state index in [-0.39, 0.29) is 6.03 Å². The third-order valence-electron chi connectivity index (χ3n) is 4.47. The molecule has 0 bridgehead atoms. The van der Waals surface area contributed by atoms with Gasteiger partial charge in [0, 0.05) is 37.9 Å². The van der Waals surface area contributed by atoms with Crippen molar-refractivity contribution in [3.63, 3.8) is 0 Å². The molecule has 0 radical (unpaired) electrons. The Morgan fingerprint density at radius 3 is 2.50 bits per heavy atom. The highest BCUT2D eigenvalue weighted by atomic mass is 16.6. The monoisotopic (exact) mass is 355 g/mol. The van der Waals surface area contributed by atoms with Crippen molar-refractivity contribution >= 4 is 17.5 Å². The summed E-state index contributed by atoms with van der Waals surface area (Å²) in [5, 5.41) is 11.2. The molecule has 2 aliphatic heterocycles. The molecule has 1 fully saturated rings. The fourth-order valence-electron chi connectivity index (χ4n) is 3.02. The second-order valence-electron chi connectivity index (χ2n) is 6.30. The van der Waals surface area contributed by atoms with Crippen molar-refractivity contribution in [1.29, 1.82) is 0 Å². The molecule has 3 heterocycles. The second kappa shape index (κ2) is 7.07. The minimum atomic E-state index is -0.115. The number of nitrogens with zero attached hydrogens (tertiary/aromatic N) is 4. The summed E-state index contributed by atoms with van der Waals surface area (Å²) in [6, 6.07) is 9.24. The van der Waals surface area contributed by atoms with E-state index in [0.717, 1.165) is 24.6 Å². The summed E-state index contributed by atoms with van der Waals surface area (Å²) in [5.74, 6) is 2.22. The molecule has 2 amide bonds. The lowest BCUT2D eigenvalue weighted by Crippen LogP contribution is -2.50. The molecule has 8 nitrogen and oxygen atoms in total. The molecule has 1 saturated heterocycles. The van der Waals surface area contributed by atoms with Crippen LogP contribution in [0.3, 0.4) is 0 Å². The quantitative estimate of drug-likeness (QED) is 0.886. The molecule has 2 aromatic rings. The molecule has 0 atom stereocenters. The van der Waals surface area contributed by atoms with Gasteiger partial charge in [-0.1, -0.05) is 0 Å². The Balaban J connectivity index is 1.34. The van der Waals surface area contributed by atoms with E-state index >= 15 is 0 Å². The number of hydrogen-bond acceptors (Lipinski definition) is 6. The Morgan fingerprint density at radius 2 is 1.77 bits per heavy atom. The summed E-state index contributed by atoms with van der Waals surface area (Å²) in [7, 11) is 0. The van der Waals surface area contributed by atoms with Crippen LogP contribution in [0.15, 0.2) is 30.3 Å². The maximum absolute atomic E-state index is 12.5. The number of aryl methyl sites for hydroxylation is 1. The number of urea groups is 1. The van der Waals surface area contributed by atoms with Crippen molar-refractivity contribution in [2.24, 2.45) is 0 Å². The summed E-state index contributed by atoms with van der Waals surface area (Å²) < 4.78 is 11.0. The number of hydrogen-bond donors (Lipinski definition) is 1. The van der Waals surface area contributed by atoms with Gasteiger partial charge in [0.1, 0.15) is 13.2 Å². The van der Waals surface area contributed by atoms with Crippen LogP contribution in [0.1, 0.15) is 5.69 Å². The van der Waals surface area contributed by atoms with E-state index in [1.54, 1.807) is 11.0 Å². The summed E-state index contributed by atoms with van der Waals surface area (Å²) in [5.41, 5.74) is 1.59. The van der Waals surface area contributed by atoms with Gasteiger partial charge in [0.05, 0.1) is 5.69 Å². The summed E-state index contributed by atoms with van der Waals surface area (Å²) in [4.78, 5) is 16.5. The molecule has 26 heavy (non-hydrogen) atoms. The highest BCUT2D eigenvalue weighted by molar-refractivity contribution is 5.90. The Bertz CT molecular complexity index is 788. The van der Waals surface area contributed by atoms with Crippen LogP contribution in [0.5, 0.6) is 11.5 Å². The van der Waals surface area contributed by atoms with E-state index in [4.69, 9.17) is 9.47 Å². The number of benzene rings is 1. The fraction of sp³-hybridized carbons (Fsp3) is 0.389. The van der Waals surface area contributed by atoms with Crippen LogP contribution in [0.25, 0.3) is 0 Å². The van der Waals surface area contributed by atoms with E-state index in [9.17, 15) is 4.79 Å². The molecule has 0 spiro atoms. The predicted molar refractivity (Wildman–Crippen MR) is 97.0 cm³/mol. The van der Waals surface area contributed by atoms with Crippen LogP contribution in [0.2, 0.25) is 0 Å². The third-order valence-corrected chi connectivity index (χ3v) is 4.47. The van der Waals surface area contributed by atoms with Crippen LogP contribution in [-0.2, 0) is 0 Å². The Hall–Kier alpha value is -3.03. The molecule has 0 unspecified atom stereocenters. The number of amides is 2. The average molecular weight is 355 g/mol. The van der Waals surface area contributed by atoms with Gasteiger partial charge in [-0.25, -0.2) is 4.79 Å². The normalized spacial score (nSPS) is 16.3. The van der Waals surface area contributed by atoms with Crippen molar-refractivity contribution in [2.45, 2.75) is 6.92 Å². The first kappa shape index (κ1) is 16.4. The number of aromatic nitrogens is 2. The lowest BCUT2D eigenvalue weighted by molar-refractivity contribution is 0.171. The first-order chi connectivity index (χ1) is 12.7. The van der Waals surface area contributed by atoms with E-state index in [2.05, 4.69) is 20.4 Å². The van der Waals surface area contributed by atoms with Gasteiger partial charge < -0.3 is 24.6 Å². The van der Waals surface area contributed by atoms with Crippen LogP contribution in [0.4, 0.5) is 16.3 Å². The van der Waals surface area contributed by atoms with E-state index in [1.807, 2.05) is 31.2 Å². The molecular formula is C18H21N5O3. The summed E-state index contributed by atoms with van der Waals surface area (Å²) in [6.07, 6.45) is 0. The first-order valence-electron chi connectivity index (χ1n) is 8.70. The number of anilines is 2. The molecule has 1 aromatic heterocycles. The van der Waals surface area contributed by atoms with E-state index < -0.39 is 0 Å². The van der Waals surface area contributed by atoms with Gasteiger partial charge in [-0.3, -0.25) is 0 Å². The maximum Gasteiger partial charge on any atom is 0.321 e. The number of carbonyl (C=O) groups excluding carboxylic acids is 1. The highest BCUT2D eigenvalue weighted by Gasteiger charge is 2.22. The van der Waals surface area contributed by atoms with Gasteiger partial charge in [0.2, 0.25) is 0 Å². The molecular weight excluding hydrogens is 334 g/mol. The van der Waals surface area contributed by atoms with Crippen LogP contribution < -0.4 is 19.7 Å². The number of rotatable bonds is 2. The Labute approximate surface area is 151 Å². The Kier molecular flexibility index (Phi) is 4.47. The van der Waals surface area contributed by atoms with Gasteiger partial charge in [-0.15, -0.1) is 5.10 Å². The molecule has 4 rings (SSSR count). The van der Waals surface area contributed by atoms with Gasteiger partial charge in [0.15, 0.2) is 17.3 Å². The fourth-order valence-corrected chi connectivity index (χ4v) is 3.02. The molecule has 8 heteroatoms. The number of carbonyl (C=O) groups is 1. The van der Waals surface area contributed by atoms with Crippen LogP contribution >= 0.6 is 0 Å². The second-order valence-corrected chi connectivity index (χ2v) is 6.30. The topological polar surface area (TPSA) is 79.8 Å². The van der Waals surface area contributed by atoms with Gasteiger partial charge >= 0.3 is 6.03 Å². The van der Waals surface area contributed by atoms with Crippen molar-refractivity contribution in [3.8, 4) is 11.5 Å². The number of ether oxygens (including phenoxy) is 2. The number of fused-ring (bicyclic) bond motifs is 1. The number of piperazine rings is 1. The van der Waals surface area contributed by atoms with Crippen LogP contribution in [0, 0.1) is 6.92 Å². The molecule has 2 aliphatic rings. The van der Waals surface area contributed by atoms with E-state index in [0.29, 0.717) is 43.5 Å². The maximum atomic E-state index is 12.5. The van der Waals surface area contributed by atoms with Crippen molar-refractivity contribution in [3.05, 3.63) is 36.0 Å². The van der Waals surface area contributed by atoms with Gasteiger partial charge in [-0.05, 0) is 31.2 Å². The van der Waals surface area contributed by atoms with Crippen molar-refractivity contribution in [1.82, 2.24) is 15.1 Å². The standard InChI is InChI=1S/C18H21N5O3/c1-13-2-5-17(21-20-13)22-6-8-23(9-7-22)18(24)19-14-3-4-15-16(12-14)26-11-10-25-15/h2-5,12H,6-11H2,1H3,(H,19,24). The lowest BCUT2D eigenvalue weighted by Gasteiger charge is -2.35. The van der Waals surface area contributed by atoms with Crippen molar-refractivity contribution in [2.75, 3.05) is 49.6 Å². The first-order valence-corrected chi connectivity index (χ1v) is 8.70. The zero-order valence-corrected chi connectivity index (χ0v) is 14.6. The highest BCUT2D eigenvalue weighted by Crippen LogP contribution is 2.32. The molecule has 136 valence electrons. The molecule has 0 saturated carbocycles. The van der Waals surface area contributed by atoms with Crippen LogP contribution in [-0.4, -0.2) is 60.5 Å². The van der Waals surface area contributed by atoms with Crippen molar-refractivity contribution < 1.29 is 14.3 Å². The zero-order chi connectivity index (χ0) is 17.9. The molecule has 1 N–H and O–H groups in total.